The van der Waals surface area contributed by atoms with Crippen LogP contribution in [0.3, 0.4) is 0 Å². The van der Waals surface area contributed by atoms with Gasteiger partial charge in [0.1, 0.15) is 0 Å². The molecule has 24 heavy (non-hydrogen) atoms. The second-order valence-corrected chi connectivity index (χ2v) is 6.60. The number of rotatable bonds is 7. The van der Waals surface area contributed by atoms with Gasteiger partial charge in [-0.1, -0.05) is 0 Å². The zero-order valence-corrected chi connectivity index (χ0v) is 15.3. The highest BCUT2D eigenvalue weighted by Gasteiger charge is 2.26. The number of pyridine rings is 1. The lowest BCUT2D eigenvalue weighted by Crippen LogP contribution is -2.50. The summed E-state index contributed by atoms with van der Waals surface area (Å²) in [6.45, 7) is 1.64. The first kappa shape index (κ1) is 20.7. The molecule has 1 aliphatic heterocycles. The molecule has 0 aliphatic carbocycles. The Labute approximate surface area is 153 Å². The second-order valence-electron chi connectivity index (χ2n) is 5.55. The number of nitrogens with two attached hydrogens (primary N) is 1. The smallest absolute Gasteiger partial charge is 0.233 e. The summed E-state index contributed by atoms with van der Waals surface area (Å²) in [5.74, 6) is 0.498. The molecule has 1 saturated heterocycles. The van der Waals surface area contributed by atoms with Crippen molar-refractivity contribution < 1.29 is 9.59 Å². The fourth-order valence-electron chi connectivity index (χ4n) is 2.65. The number of amides is 2. The van der Waals surface area contributed by atoms with Gasteiger partial charge in [-0.3, -0.25) is 14.6 Å². The van der Waals surface area contributed by atoms with Gasteiger partial charge in [0.05, 0.1) is 5.75 Å². The van der Waals surface area contributed by atoms with Crippen LogP contribution in [0.25, 0.3) is 0 Å². The van der Waals surface area contributed by atoms with Crippen molar-refractivity contribution in [3.63, 3.8) is 0 Å². The first-order valence-electron chi connectivity index (χ1n) is 7.99. The van der Waals surface area contributed by atoms with Crippen molar-refractivity contribution >= 4 is 36.0 Å². The van der Waals surface area contributed by atoms with E-state index in [2.05, 4.69) is 10.3 Å². The maximum atomic E-state index is 12.5. The quantitative estimate of drug-likeness (QED) is 0.707. The van der Waals surface area contributed by atoms with Crippen LogP contribution in [0.1, 0.15) is 25.7 Å². The molecule has 2 rings (SSSR count). The molecule has 0 radical (unpaired) electrons. The standard InChI is InChI=1S/C16H24N4O2S.ClH/c17-7-4-15(21)19-11-13-3-1-2-10-20(13)16(22)12-23-14-5-8-18-9-6-14;/h5-6,8-9,13H,1-4,7,10-12,17H2,(H,19,21);1H. The molecular formula is C16H25ClN4O2S. The van der Waals surface area contributed by atoms with Gasteiger partial charge in [0.2, 0.25) is 11.8 Å². The predicted octanol–water partition coefficient (Wildman–Crippen LogP) is 1.44. The van der Waals surface area contributed by atoms with E-state index in [1.54, 1.807) is 12.4 Å². The minimum atomic E-state index is -0.0448. The van der Waals surface area contributed by atoms with Crippen LogP contribution in [0.5, 0.6) is 0 Å². The van der Waals surface area contributed by atoms with Gasteiger partial charge >= 0.3 is 0 Å². The number of carbonyl (C=O) groups excluding carboxylic acids is 2. The first-order chi connectivity index (χ1) is 11.2. The Kier molecular flexibility index (Phi) is 9.75. The summed E-state index contributed by atoms with van der Waals surface area (Å²) in [6, 6.07) is 3.90. The molecule has 6 nitrogen and oxygen atoms in total. The molecule has 1 aromatic rings. The molecule has 0 bridgehead atoms. The monoisotopic (exact) mass is 372 g/mol. The molecule has 2 heterocycles. The molecule has 0 aromatic carbocycles. The normalized spacial score (nSPS) is 17.0. The van der Waals surface area contributed by atoms with E-state index in [-0.39, 0.29) is 30.3 Å². The van der Waals surface area contributed by atoms with Crippen molar-refractivity contribution in [2.24, 2.45) is 5.73 Å². The maximum absolute atomic E-state index is 12.5. The van der Waals surface area contributed by atoms with Gasteiger partial charge in [-0.05, 0) is 31.4 Å². The SMILES string of the molecule is Cl.NCCC(=O)NCC1CCCCN1C(=O)CSc1ccncc1. The lowest BCUT2D eigenvalue weighted by atomic mass is 10.0. The number of likely N-dealkylation sites (tertiary alicyclic amines) is 1. The van der Waals surface area contributed by atoms with Crippen LogP contribution in [0.2, 0.25) is 0 Å². The largest absolute Gasteiger partial charge is 0.354 e. The van der Waals surface area contributed by atoms with E-state index in [4.69, 9.17) is 5.73 Å². The van der Waals surface area contributed by atoms with E-state index in [9.17, 15) is 9.59 Å². The van der Waals surface area contributed by atoms with E-state index in [1.165, 1.54) is 11.8 Å². The van der Waals surface area contributed by atoms with Crippen LogP contribution >= 0.6 is 24.2 Å². The summed E-state index contributed by atoms with van der Waals surface area (Å²) in [7, 11) is 0. The van der Waals surface area contributed by atoms with Gasteiger partial charge < -0.3 is 16.0 Å². The first-order valence-corrected chi connectivity index (χ1v) is 8.98. The predicted molar refractivity (Wildman–Crippen MR) is 98.2 cm³/mol. The van der Waals surface area contributed by atoms with Gasteiger partial charge in [-0.25, -0.2) is 0 Å². The Morgan fingerprint density at radius 1 is 1.33 bits per heavy atom. The van der Waals surface area contributed by atoms with Gasteiger partial charge in [-0.15, -0.1) is 24.2 Å². The summed E-state index contributed by atoms with van der Waals surface area (Å²) in [4.78, 5) is 31.0. The van der Waals surface area contributed by atoms with E-state index in [0.29, 0.717) is 25.3 Å². The number of piperidine rings is 1. The zero-order valence-electron chi connectivity index (χ0n) is 13.6. The van der Waals surface area contributed by atoms with Gasteiger partial charge in [0, 0.05) is 49.4 Å². The Hall–Kier alpha value is -1.31. The summed E-state index contributed by atoms with van der Waals surface area (Å²) in [5.41, 5.74) is 5.38. The maximum Gasteiger partial charge on any atom is 0.233 e. The van der Waals surface area contributed by atoms with Crippen molar-refractivity contribution in [3.8, 4) is 0 Å². The Morgan fingerprint density at radius 2 is 2.08 bits per heavy atom. The summed E-state index contributed by atoms with van der Waals surface area (Å²) < 4.78 is 0. The topological polar surface area (TPSA) is 88.3 Å². The second kappa shape index (κ2) is 11.3. The highest BCUT2D eigenvalue weighted by atomic mass is 35.5. The number of hydrogen-bond donors (Lipinski definition) is 2. The minimum absolute atomic E-state index is 0. The average Bonchev–Trinajstić information content (AvgIpc) is 2.59. The zero-order chi connectivity index (χ0) is 16.5. The molecule has 1 fully saturated rings. The molecule has 3 N–H and O–H groups in total. The number of aromatic nitrogens is 1. The fraction of sp³-hybridized carbons (Fsp3) is 0.562. The molecule has 134 valence electrons. The number of nitrogens with one attached hydrogen (secondary N) is 1. The molecule has 2 amide bonds. The van der Waals surface area contributed by atoms with Crippen LogP contribution in [-0.4, -0.2) is 53.1 Å². The molecule has 8 heteroatoms. The molecule has 0 spiro atoms. The third kappa shape index (κ3) is 6.67. The Bertz CT molecular complexity index is 518. The van der Waals surface area contributed by atoms with Crippen LogP contribution < -0.4 is 11.1 Å². The molecule has 0 saturated carbocycles. The van der Waals surface area contributed by atoms with Crippen LogP contribution in [-0.2, 0) is 9.59 Å². The lowest BCUT2D eigenvalue weighted by molar-refractivity contribution is -0.132. The van der Waals surface area contributed by atoms with E-state index < -0.39 is 0 Å². The fourth-order valence-corrected chi connectivity index (χ4v) is 3.42. The van der Waals surface area contributed by atoms with Crippen LogP contribution in [0, 0.1) is 0 Å². The number of carbonyl (C=O) groups is 2. The lowest BCUT2D eigenvalue weighted by Gasteiger charge is -2.36. The Balaban J connectivity index is 0.00000288. The average molecular weight is 373 g/mol. The highest BCUT2D eigenvalue weighted by molar-refractivity contribution is 8.00. The number of nitrogens with zero attached hydrogens (tertiary/aromatic N) is 2. The highest BCUT2D eigenvalue weighted by Crippen LogP contribution is 2.21. The van der Waals surface area contributed by atoms with Crippen molar-refractivity contribution in [1.29, 1.82) is 0 Å². The van der Waals surface area contributed by atoms with Gasteiger partial charge in [0.15, 0.2) is 0 Å². The van der Waals surface area contributed by atoms with Crippen molar-refractivity contribution in [2.45, 2.75) is 36.6 Å². The molecule has 1 unspecified atom stereocenters. The van der Waals surface area contributed by atoms with Crippen LogP contribution in [0.4, 0.5) is 0 Å². The third-order valence-electron chi connectivity index (χ3n) is 3.87. The van der Waals surface area contributed by atoms with Crippen molar-refractivity contribution in [1.82, 2.24) is 15.2 Å². The van der Waals surface area contributed by atoms with Crippen molar-refractivity contribution in [3.05, 3.63) is 24.5 Å². The number of halogens is 1. The molecule has 1 aliphatic rings. The van der Waals surface area contributed by atoms with E-state index >= 15 is 0 Å². The number of thioether (sulfide) groups is 1. The number of hydrogen-bond acceptors (Lipinski definition) is 5. The third-order valence-corrected chi connectivity index (χ3v) is 4.86. The van der Waals surface area contributed by atoms with E-state index in [0.717, 1.165) is 30.7 Å². The van der Waals surface area contributed by atoms with Gasteiger partial charge in [0.25, 0.3) is 0 Å². The van der Waals surface area contributed by atoms with Crippen LogP contribution in [0.15, 0.2) is 29.4 Å². The summed E-state index contributed by atoms with van der Waals surface area (Å²) >= 11 is 1.52. The molecule has 1 atom stereocenters. The van der Waals surface area contributed by atoms with Crippen molar-refractivity contribution in [2.75, 3.05) is 25.4 Å². The van der Waals surface area contributed by atoms with Gasteiger partial charge in [-0.2, -0.15) is 0 Å². The molecule has 1 aromatic heterocycles. The summed E-state index contributed by atoms with van der Waals surface area (Å²) in [6.07, 6.45) is 6.84. The minimum Gasteiger partial charge on any atom is -0.354 e. The van der Waals surface area contributed by atoms with E-state index in [1.807, 2.05) is 17.0 Å². The summed E-state index contributed by atoms with van der Waals surface area (Å²) in [5, 5.41) is 2.88. The Morgan fingerprint density at radius 3 is 2.79 bits per heavy atom. The molecular weight excluding hydrogens is 348 g/mol.